The minimum absolute atomic E-state index is 0.205. The molecule has 88 valence electrons. The Morgan fingerprint density at radius 2 is 1.94 bits per heavy atom. The third-order valence-electron chi connectivity index (χ3n) is 2.81. The Balaban J connectivity index is 2.26. The van der Waals surface area contributed by atoms with Crippen LogP contribution in [0.25, 0.3) is 0 Å². The Labute approximate surface area is 103 Å². The van der Waals surface area contributed by atoms with Gasteiger partial charge in [0.2, 0.25) is 0 Å². The number of thioether (sulfide) groups is 1. The van der Waals surface area contributed by atoms with Gasteiger partial charge in [0.15, 0.2) is 0 Å². The molecule has 16 heavy (non-hydrogen) atoms. The molecule has 1 aliphatic carbocycles. The van der Waals surface area contributed by atoms with Crippen LogP contribution in [-0.4, -0.2) is 12.4 Å². The molecule has 1 nitrogen and oxygen atoms in total. The van der Waals surface area contributed by atoms with Crippen molar-refractivity contribution in [2.24, 2.45) is 0 Å². The Bertz CT molecular complexity index is 375. The molecule has 0 atom stereocenters. The van der Waals surface area contributed by atoms with Gasteiger partial charge in [-0.1, -0.05) is 26.8 Å². The highest BCUT2D eigenvalue weighted by atomic mass is 32.2. The second-order valence-corrected chi connectivity index (χ2v) is 6.28. The highest BCUT2D eigenvalue weighted by molar-refractivity contribution is 7.98. The molecule has 0 radical (unpaired) electrons. The molecule has 0 aromatic heterocycles. The first kappa shape index (κ1) is 11.8. The van der Waals surface area contributed by atoms with Crippen LogP contribution >= 0.6 is 11.8 Å². The maximum atomic E-state index is 5.82. The first-order chi connectivity index (χ1) is 7.50. The summed E-state index contributed by atoms with van der Waals surface area (Å²) < 4.78 is 5.82. The van der Waals surface area contributed by atoms with E-state index in [0.29, 0.717) is 6.10 Å². The molecule has 0 N–H and O–H groups in total. The molecular weight excluding hydrogens is 216 g/mol. The maximum absolute atomic E-state index is 5.82. The summed E-state index contributed by atoms with van der Waals surface area (Å²) in [6.45, 7) is 6.76. The van der Waals surface area contributed by atoms with E-state index in [1.54, 1.807) is 11.8 Å². The molecule has 0 spiro atoms. The molecule has 1 fully saturated rings. The molecular formula is C14H20OS. The first-order valence-electron chi connectivity index (χ1n) is 5.86. The van der Waals surface area contributed by atoms with Crippen molar-refractivity contribution < 1.29 is 4.74 Å². The smallest absolute Gasteiger partial charge is 0.120 e. The lowest BCUT2D eigenvalue weighted by atomic mass is 9.87. The van der Waals surface area contributed by atoms with Gasteiger partial charge in [0.25, 0.3) is 0 Å². The molecule has 2 rings (SSSR count). The lowest BCUT2D eigenvalue weighted by Gasteiger charge is -2.22. The Kier molecular flexibility index (Phi) is 3.20. The molecule has 1 aliphatic rings. The zero-order chi connectivity index (χ0) is 11.8. The predicted octanol–water partition coefficient (Wildman–Crippen LogP) is 4.25. The van der Waals surface area contributed by atoms with E-state index in [1.165, 1.54) is 23.3 Å². The summed E-state index contributed by atoms with van der Waals surface area (Å²) >= 11 is 1.80. The van der Waals surface area contributed by atoms with Gasteiger partial charge in [0.05, 0.1) is 6.10 Å². The zero-order valence-electron chi connectivity index (χ0n) is 10.5. The van der Waals surface area contributed by atoms with Crippen molar-refractivity contribution in [3.05, 3.63) is 23.8 Å². The molecule has 0 aliphatic heterocycles. The summed E-state index contributed by atoms with van der Waals surface area (Å²) in [4.78, 5) is 1.34. The molecule has 0 saturated heterocycles. The lowest BCUT2D eigenvalue weighted by molar-refractivity contribution is 0.302. The van der Waals surface area contributed by atoms with Crippen molar-refractivity contribution in [1.82, 2.24) is 0 Å². The molecule has 2 heteroatoms. The normalized spacial score (nSPS) is 16.2. The van der Waals surface area contributed by atoms with Gasteiger partial charge in [-0.25, -0.2) is 0 Å². The van der Waals surface area contributed by atoms with Crippen LogP contribution in [0.5, 0.6) is 5.75 Å². The molecule has 0 unspecified atom stereocenters. The fraction of sp³-hybridized carbons (Fsp3) is 0.571. The van der Waals surface area contributed by atoms with Crippen molar-refractivity contribution in [3.8, 4) is 5.75 Å². The van der Waals surface area contributed by atoms with E-state index >= 15 is 0 Å². The van der Waals surface area contributed by atoms with Crippen LogP contribution in [0.15, 0.2) is 23.1 Å². The van der Waals surface area contributed by atoms with Crippen molar-refractivity contribution in [2.75, 3.05) is 6.26 Å². The van der Waals surface area contributed by atoms with Gasteiger partial charge in [-0.3, -0.25) is 0 Å². The number of rotatable bonds is 3. The number of benzene rings is 1. The van der Waals surface area contributed by atoms with Gasteiger partial charge in [0, 0.05) is 4.90 Å². The summed E-state index contributed by atoms with van der Waals surface area (Å²) in [5, 5.41) is 0. The van der Waals surface area contributed by atoms with Gasteiger partial charge < -0.3 is 4.74 Å². The van der Waals surface area contributed by atoms with E-state index in [2.05, 4.69) is 45.2 Å². The maximum Gasteiger partial charge on any atom is 0.120 e. The van der Waals surface area contributed by atoms with Crippen molar-refractivity contribution >= 4 is 11.8 Å². The third kappa shape index (κ3) is 2.73. The summed E-state index contributed by atoms with van der Waals surface area (Å²) in [5.41, 5.74) is 1.61. The van der Waals surface area contributed by atoms with Crippen LogP contribution in [0, 0.1) is 0 Å². The lowest BCUT2D eigenvalue weighted by Crippen LogP contribution is -2.12. The minimum atomic E-state index is 0.205. The van der Waals surface area contributed by atoms with Crippen molar-refractivity contribution in [3.63, 3.8) is 0 Å². The second-order valence-electron chi connectivity index (χ2n) is 5.43. The molecule has 1 saturated carbocycles. The second kappa shape index (κ2) is 4.33. The molecule has 0 amide bonds. The topological polar surface area (TPSA) is 9.23 Å². The fourth-order valence-electron chi connectivity index (χ4n) is 1.74. The first-order valence-corrected chi connectivity index (χ1v) is 7.08. The number of hydrogen-bond acceptors (Lipinski definition) is 2. The van der Waals surface area contributed by atoms with Crippen LogP contribution in [-0.2, 0) is 5.41 Å². The summed E-state index contributed by atoms with van der Waals surface area (Å²) in [6.07, 6.45) is 5.05. The summed E-state index contributed by atoms with van der Waals surface area (Å²) in [6, 6.07) is 6.51. The van der Waals surface area contributed by atoms with E-state index in [0.717, 1.165) is 5.75 Å². The van der Waals surface area contributed by atoms with E-state index in [1.807, 2.05) is 0 Å². The Morgan fingerprint density at radius 1 is 1.25 bits per heavy atom. The SMILES string of the molecule is CSc1cc(OC2CC2)ccc1C(C)(C)C. The van der Waals surface area contributed by atoms with Crippen LogP contribution in [0.1, 0.15) is 39.2 Å². The van der Waals surface area contributed by atoms with Crippen molar-refractivity contribution in [2.45, 2.75) is 50.0 Å². The van der Waals surface area contributed by atoms with Crippen molar-refractivity contribution in [1.29, 1.82) is 0 Å². The standard InChI is InChI=1S/C14H20OS/c1-14(2,3)12-8-7-11(9-13(12)16-4)15-10-5-6-10/h7-10H,5-6H2,1-4H3. The molecule has 0 bridgehead atoms. The number of ether oxygens (including phenoxy) is 1. The highest BCUT2D eigenvalue weighted by Gasteiger charge is 2.24. The van der Waals surface area contributed by atoms with E-state index < -0.39 is 0 Å². The highest BCUT2D eigenvalue weighted by Crippen LogP contribution is 2.35. The van der Waals surface area contributed by atoms with Crippen LogP contribution in [0.2, 0.25) is 0 Å². The summed E-state index contributed by atoms with van der Waals surface area (Å²) in [7, 11) is 0. The minimum Gasteiger partial charge on any atom is -0.490 e. The molecule has 1 aromatic carbocycles. The predicted molar refractivity (Wildman–Crippen MR) is 70.6 cm³/mol. The third-order valence-corrected chi connectivity index (χ3v) is 3.59. The molecule has 1 aromatic rings. The number of hydrogen-bond donors (Lipinski definition) is 0. The Hall–Kier alpha value is -0.630. The van der Waals surface area contributed by atoms with Crippen LogP contribution < -0.4 is 4.74 Å². The van der Waals surface area contributed by atoms with Gasteiger partial charge in [0.1, 0.15) is 5.75 Å². The van der Waals surface area contributed by atoms with E-state index in [-0.39, 0.29) is 5.41 Å². The summed E-state index contributed by atoms with van der Waals surface area (Å²) in [5.74, 6) is 1.03. The van der Waals surface area contributed by atoms with E-state index in [4.69, 9.17) is 4.74 Å². The monoisotopic (exact) mass is 236 g/mol. The quantitative estimate of drug-likeness (QED) is 0.726. The van der Waals surface area contributed by atoms with Crippen LogP contribution in [0.4, 0.5) is 0 Å². The van der Waals surface area contributed by atoms with E-state index in [9.17, 15) is 0 Å². The fourth-order valence-corrected chi connectivity index (χ4v) is 2.57. The zero-order valence-corrected chi connectivity index (χ0v) is 11.4. The van der Waals surface area contributed by atoms with Gasteiger partial charge in [-0.05, 0) is 42.2 Å². The largest absolute Gasteiger partial charge is 0.490 e. The van der Waals surface area contributed by atoms with Gasteiger partial charge in [-0.15, -0.1) is 11.8 Å². The molecule has 0 heterocycles. The average molecular weight is 236 g/mol. The Morgan fingerprint density at radius 3 is 2.44 bits per heavy atom. The average Bonchev–Trinajstić information content (AvgIpc) is 3.00. The van der Waals surface area contributed by atoms with Gasteiger partial charge in [-0.2, -0.15) is 0 Å². The van der Waals surface area contributed by atoms with Crippen LogP contribution in [0.3, 0.4) is 0 Å². The van der Waals surface area contributed by atoms with Gasteiger partial charge >= 0.3 is 0 Å².